The summed E-state index contributed by atoms with van der Waals surface area (Å²) in [5, 5.41) is 2.82. The van der Waals surface area contributed by atoms with E-state index in [2.05, 4.69) is 5.32 Å². The topological polar surface area (TPSA) is 64.3 Å². The molecule has 0 heterocycles. The van der Waals surface area contributed by atoms with E-state index in [-0.39, 0.29) is 48.4 Å². The highest BCUT2D eigenvalue weighted by Crippen LogP contribution is 2.20. The molecule has 0 aliphatic carbocycles. The summed E-state index contributed by atoms with van der Waals surface area (Å²) in [5.74, 6) is -0.656. The largest absolute Gasteiger partial charge is 0.380 e. The van der Waals surface area contributed by atoms with Gasteiger partial charge in [-0.1, -0.05) is 17.7 Å². The quantitative estimate of drug-likeness (QED) is 0.844. The Balaban J connectivity index is 0.00000361. The van der Waals surface area contributed by atoms with Crippen molar-refractivity contribution in [1.82, 2.24) is 5.32 Å². The van der Waals surface area contributed by atoms with E-state index in [0.717, 1.165) is 5.56 Å². The predicted octanol–water partition coefficient (Wildman–Crippen LogP) is 2.44. The third-order valence-electron chi connectivity index (χ3n) is 2.83. The predicted molar refractivity (Wildman–Crippen MR) is 79.7 cm³/mol. The van der Waals surface area contributed by atoms with E-state index in [1.807, 2.05) is 0 Å². The van der Waals surface area contributed by atoms with Gasteiger partial charge in [0.15, 0.2) is 0 Å². The molecular weight excluding hydrogens is 306 g/mol. The van der Waals surface area contributed by atoms with Crippen LogP contribution in [-0.4, -0.2) is 25.7 Å². The van der Waals surface area contributed by atoms with E-state index >= 15 is 0 Å². The number of benzene rings is 1. The fourth-order valence-corrected chi connectivity index (χ4v) is 1.82. The number of hydrogen-bond acceptors (Lipinski definition) is 3. The Hall–Kier alpha value is -0.880. The molecular formula is C13H19Cl2FN2O2. The number of rotatable bonds is 6. The molecule has 1 rings (SSSR count). The summed E-state index contributed by atoms with van der Waals surface area (Å²) in [6.07, 6.45) is -0.115. The van der Waals surface area contributed by atoms with Gasteiger partial charge in [-0.2, -0.15) is 0 Å². The van der Waals surface area contributed by atoms with Crippen LogP contribution in [0, 0.1) is 5.82 Å². The van der Waals surface area contributed by atoms with Gasteiger partial charge in [-0.25, -0.2) is 4.39 Å². The highest BCUT2D eigenvalue weighted by Gasteiger charge is 2.15. The summed E-state index contributed by atoms with van der Waals surface area (Å²) in [6.45, 7) is 2.08. The molecule has 1 aromatic carbocycles. The Morgan fingerprint density at radius 2 is 2.20 bits per heavy atom. The molecule has 0 aliphatic heterocycles. The summed E-state index contributed by atoms with van der Waals surface area (Å²) in [5.41, 5.74) is 6.18. The standard InChI is InChI=1S/C13H18ClFN2O2.ClH/c1-8(9-3-4-12(15)11(14)5-9)17-13(18)6-10(7-16)19-2;/h3-5,8,10H,6-7,16H2,1-2H3,(H,17,18);1H. The number of halogens is 3. The summed E-state index contributed by atoms with van der Waals surface area (Å²) in [6, 6.07) is 4.10. The minimum absolute atomic E-state index is 0. The second-order valence-corrected chi connectivity index (χ2v) is 4.67. The van der Waals surface area contributed by atoms with Crippen LogP contribution in [0.2, 0.25) is 5.02 Å². The maximum Gasteiger partial charge on any atom is 0.223 e. The van der Waals surface area contributed by atoms with Gasteiger partial charge in [0.05, 0.1) is 23.6 Å². The number of ether oxygens (including phenoxy) is 1. The molecule has 114 valence electrons. The van der Waals surface area contributed by atoms with Gasteiger partial charge in [0.1, 0.15) is 5.82 Å². The number of carbonyl (C=O) groups excluding carboxylic acids is 1. The molecule has 0 aliphatic rings. The molecule has 2 unspecified atom stereocenters. The summed E-state index contributed by atoms with van der Waals surface area (Å²) in [7, 11) is 1.51. The first-order chi connectivity index (χ1) is 8.97. The number of nitrogens with one attached hydrogen (secondary N) is 1. The summed E-state index contributed by atoms with van der Waals surface area (Å²) in [4.78, 5) is 11.8. The van der Waals surface area contributed by atoms with Crippen molar-refractivity contribution in [3.8, 4) is 0 Å². The zero-order valence-electron chi connectivity index (χ0n) is 11.4. The van der Waals surface area contributed by atoms with Crippen LogP contribution in [0.15, 0.2) is 18.2 Å². The number of carbonyl (C=O) groups is 1. The molecule has 1 amide bonds. The van der Waals surface area contributed by atoms with Gasteiger partial charge in [0.2, 0.25) is 5.91 Å². The van der Waals surface area contributed by atoms with E-state index in [1.165, 1.54) is 19.2 Å². The molecule has 7 heteroatoms. The molecule has 3 N–H and O–H groups in total. The minimum Gasteiger partial charge on any atom is -0.380 e. The molecule has 0 saturated heterocycles. The first-order valence-electron chi connectivity index (χ1n) is 5.95. The molecule has 20 heavy (non-hydrogen) atoms. The molecule has 4 nitrogen and oxygen atoms in total. The zero-order valence-corrected chi connectivity index (χ0v) is 12.9. The lowest BCUT2D eigenvalue weighted by Crippen LogP contribution is -2.33. The van der Waals surface area contributed by atoms with E-state index in [0.29, 0.717) is 0 Å². The van der Waals surface area contributed by atoms with Gasteiger partial charge in [-0.15, -0.1) is 12.4 Å². The highest BCUT2D eigenvalue weighted by atomic mass is 35.5. The van der Waals surface area contributed by atoms with Crippen LogP contribution in [0.1, 0.15) is 24.9 Å². The van der Waals surface area contributed by atoms with Crippen molar-refractivity contribution in [2.45, 2.75) is 25.5 Å². The van der Waals surface area contributed by atoms with E-state index < -0.39 is 5.82 Å². The van der Waals surface area contributed by atoms with Crippen LogP contribution in [0.3, 0.4) is 0 Å². The molecule has 2 atom stereocenters. The van der Waals surface area contributed by atoms with Crippen LogP contribution in [-0.2, 0) is 9.53 Å². The van der Waals surface area contributed by atoms with E-state index in [9.17, 15) is 9.18 Å². The molecule has 0 fully saturated rings. The van der Waals surface area contributed by atoms with Crippen LogP contribution in [0.5, 0.6) is 0 Å². The van der Waals surface area contributed by atoms with Crippen molar-refractivity contribution < 1.29 is 13.9 Å². The van der Waals surface area contributed by atoms with Crippen molar-refractivity contribution in [2.24, 2.45) is 5.73 Å². The Morgan fingerprint density at radius 3 is 2.70 bits per heavy atom. The van der Waals surface area contributed by atoms with Crippen molar-refractivity contribution in [3.63, 3.8) is 0 Å². The van der Waals surface area contributed by atoms with Crippen LogP contribution < -0.4 is 11.1 Å². The van der Waals surface area contributed by atoms with Crippen LogP contribution in [0.25, 0.3) is 0 Å². The molecule has 0 aromatic heterocycles. The van der Waals surface area contributed by atoms with Crippen molar-refractivity contribution in [3.05, 3.63) is 34.6 Å². The smallest absolute Gasteiger partial charge is 0.223 e. The minimum atomic E-state index is -0.480. The Bertz CT molecular complexity index is 442. The highest BCUT2D eigenvalue weighted by molar-refractivity contribution is 6.30. The van der Waals surface area contributed by atoms with E-state index in [4.69, 9.17) is 22.1 Å². The molecule has 0 radical (unpaired) electrons. The SMILES string of the molecule is COC(CN)CC(=O)NC(C)c1ccc(F)c(Cl)c1.Cl. The number of amides is 1. The third kappa shape index (κ3) is 5.63. The Morgan fingerprint density at radius 1 is 1.55 bits per heavy atom. The normalized spacial score (nSPS) is 13.2. The Kier molecular flexibility index (Phi) is 8.73. The lowest BCUT2D eigenvalue weighted by molar-refractivity contribution is -0.124. The summed E-state index contributed by atoms with van der Waals surface area (Å²) < 4.78 is 18.1. The van der Waals surface area contributed by atoms with Gasteiger partial charge < -0.3 is 15.8 Å². The van der Waals surface area contributed by atoms with Gasteiger partial charge in [0.25, 0.3) is 0 Å². The van der Waals surface area contributed by atoms with Gasteiger partial charge in [-0.3, -0.25) is 4.79 Å². The second-order valence-electron chi connectivity index (χ2n) is 4.26. The lowest BCUT2D eigenvalue weighted by Gasteiger charge is -2.17. The molecule has 0 saturated carbocycles. The van der Waals surface area contributed by atoms with Crippen molar-refractivity contribution in [1.29, 1.82) is 0 Å². The van der Waals surface area contributed by atoms with Crippen molar-refractivity contribution in [2.75, 3.05) is 13.7 Å². The average molecular weight is 325 g/mol. The van der Waals surface area contributed by atoms with Crippen molar-refractivity contribution >= 4 is 29.9 Å². The molecule has 0 bridgehead atoms. The fraction of sp³-hybridized carbons (Fsp3) is 0.462. The second kappa shape index (κ2) is 9.13. The van der Waals surface area contributed by atoms with Gasteiger partial charge >= 0.3 is 0 Å². The Labute approximate surface area is 129 Å². The number of hydrogen-bond donors (Lipinski definition) is 2. The number of nitrogens with two attached hydrogens (primary N) is 1. The first-order valence-corrected chi connectivity index (χ1v) is 6.33. The molecule has 1 aromatic rings. The first kappa shape index (κ1) is 19.1. The maximum atomic E-state index is 13.0. The average Bonchev–Trinajstić information content (AvgIpc) is 2.38. The maximum absolute atomic E-state index is 13.0. The zero-order chi connectivity index (χ0) is 14.4. The monoisotopic (exact) mass is 324 g/mol. The fourth-order valence-electron chi connectivity index (χ4n) is 1.64. The van der Waals surface area contributed by atoms with Crippen LogP contribution >= 0.6 is 24.0 Å². The van der Waals surface area contributed by atoms with E-state index in [1.54, 1.807) is 13.0 Å². The summed E-state index contributed by atoms with van der Waals surface area (Å²) >= 11 is 5.70. The van der Waals surface area contributed by atoms with Gasteiger partial charge in [-0.05, 0) is 24.6 Å². The third-order valence-corrected chi connectivity index (χ3v) is 3.12. The van der Waals surface area contributed by atoms with Gasteiger partial charge in [0, 0.05) is 13.7 Å². The molecule has 0 spiro atoms. The lowest BCUT2D eigenvalue weighted by atomic mass is 10.1. The van der Waals surface area contributed by atoms with Crippen LogP contribution in [0.4, 0.5) is 4.39 Å². The number of methoxy groups -OCH3 is 1.